The third-order valence-electron chi connectivity index (χ3n) is 11.5. The van der Waals surface area contributed by atoms with Crippen molar-refractivity contribution < 1.29 is 0 Å². The molecule has 0 radical (unpaired) electrons. The fourth-order valence-electron chi connectivity index (χ4n) is 8.88. The second-order valence-electron chi connectivity index (χ2n) is 16.4. The molecule has 220 valence electrons. The molecule has 2 aliphatic carbocycles. The smallest absolute Gasteiger partial charge is 0.0758 e. The van der Waals surface area contributed by atoms with Crippen molar-refractivity contribution in [2.75, 3.05) is 0 Å². The second kappa shape index (κ2) is 8.17. The Morgan fingerprint density at radius 3 is 1.40 bits per heavy atom. The summed E-state index contributed by atoms with van der Waals surface area (Å²) in [7, 11) is 0. The van der Waals surface area contributed by atoms with Crippen molar-refractivity contribution in [3.05, 3.63) is 76.4 Å². The first kappa shape index (κ1) is 27.1. The monoisotopic (exact) mass is 567 g/mol. The summed E-state index contributed by atoms with van der Waals surface area (Å²) in [6, 6.07) is 15.9. The van der Waals surface area contributed by atoms with Crippen LogP contribution in [0.25, 0.3) is 49.2 Å². The van der Waals surface area contributed by atoms with Crippen LogP contribution in [0.15, 0.2) is 42.5 Å². The van der Waals surface area contributed by atoms with E-state index in [1.54, 1.807) is 0 Å². The van der Waals surface area contributed by atoms with Crippen LogP contribution >= 0.6 is 0 Å². The van der Waals surface area contributed by atoms with E-state index in [1.165, 1.54) is 84.6 Å². The summed E-state index contributed by atoms with van der Waals surface area (Å²) in [6.07, 6.45) is 4.65. The van der Waals surface area contributed by atoms with Gasteiger partial charge in [-0.3, -0.25) is 9.97 Å². The zero-order chi connectivity index (χ0) is 30.4. The minimum atomic E-state index is 0.0447. The Bertz CT molecular complexity index is 2010. The van der Waals surface area contributed by atoms with Crippen molar-refractivity contribution in [3.63, 3.8) is 0 Å². The predicted molar refractivity (Wildman–Crippen MR) is 182 cm³/mol. The summed E-state index contributed by atoms with van der Waals surface area (Å²) in [4.78, 5) is 11.0. The van der Waals surface area contributed by atoms with Gasteiger partial charge in [-0.05, 0) is 84.7 Å². The van der Waals surface area contributed by atoms with Gasteiger partial charge in [0.15, 0.2) is 0 Å². The van der Waals surface area contributed by atoms with Crippen LogP contribution in [0.4, 0.5) is 0 Å². The lowest BCUT2D eigenvalue weighted by Crippen LogP contribution is -2.35. The molecule has 43 heavy (non-hydrogen) atoms. The Labute approximate surface area is 256 Å². The quantitative estimate of drug-likeness (QED) is 0.198. The third kappa shape index (κ3) is 3.43. The minimum Gasteiger partial charge on any atom is -0.304 e. The number of rotatable bonds is 1. The maximum Gasteiger partial charge on any atom is 0.0758 e. The van der Waals surface area contributed by atoms with Crippen LogP contribution in [0.3, 0.4) is 0 Å². The number of pyridine rings is 2. The minimum absolute atomic E-state index is 0.0447. The lowest BCUT2D eigenvalue weighted by Gasteiger charge is -2.42. The van der Waals surface area contributed by atoms with Gasteiger partial charge in [0.05, 0.1) is 39.3 Å². The summed E-state index contributed by atoms with van der Waals surface area (Å²) >= 11 is 0. The standard InChI is InChI=1S/C40H45N3/c1-22-32-28(30-35(41-22)39(7,8)18-16-37(30,3)4)26-20-25(24-14-12-11-13-15-24)21-27-29-31-36(40(9,10)19-17-38(31,5)6)42-23(2)33(29)43(32)34(26)27/h11-15,20-21H,16-19H2,1-10H3. The average molecular weight is 568 g/mol. The van der Waals surface area contributed by atoms with Gasteiger partial charge in [-0.1, -0.05) is 85.7 Å². The number of benzene rings is 2. The summed E-state index contributed by atoms with van der Waals surface area (Å²) in [5.41, 5.74) is 14.4. The van der Waals surface area contributed by atoms with Crippen LogP contribution in [0.1, 0.15) is 115 Å². The number of aryl methyl sites for hydroxylation is 2. The van der Waals surface area contributed by atoms with E-state index >= 15 is 0 Å². The molecule has 3 nitrogen and oxygen atoms in total. The largest absolute Gasteiger partial charge is 0.304 e. The van der Waals surface area contributed by atoms with Gasteiger partial charge < -0.3 is 4.40 Å². The molecule has 3 heteroatoms. The van der Waals surface area contributed by atoms with Gasteiger partial charge in [0.2, 0.25) is 0 Å². The molecular weight excluding hydrogens is 522 g/mol. The Morgan fingerprint density at radius 2 is 0.953 bits per heavy atom. The highest BCUT2D eigenvalue weighted by Gasteiger charge is 2.44. The first-order valence-corrected chi connectivity index (χ1v) is 16.3. The summed E-state index contributed by atoms with van der Waals surface area (Å²) in [6.45, 7) is 23.8. The first-order valence-electron chi connectivity index (χ1n) is 16.3. The molecular formula is C40H45N3. The van der Waals surface area contributed by atoms with E-state index in [1.807, 2.05) is 0 Å². The highest BCUT2D eigenvalue weighted by Crippen LogP contribution is 2.55. The first-order chi connectivity index (χ1) is 20.1. The van der Waals surface area contributed by atoms with Crippen molar-refractivity contribution >= 4 is 38.1 Å². The molecule has 2 aromatic carbocycles. The Balaban J connectivity index is 1.69. The molecule has 0 N–H and O–H groups in total. The molecule has 4 heterocycles. The summed E-state index contributed by atoms with van der Waals surface area (Å²) in [5, 5.41) is 5.57. The van der Waals surface area contributed by atoms with E-state index in [-0.39, 0.29) is 21.7 Å². The Morgan fingerprint density at radius 1 is 0.535 bits per heavy atom. The summed E-state index contributed by atoms with van der Waals surface area (Å²) in [5.74, 6) is 0. The van der Waals surface area contributed by atoms with E-state index in [9.17, 15) is 0 Å². The highest BCUT2D eigenvalue weighted by atomic mass is 15.0. The number of hydrogen-bond donors (Lipinski definition) is 0. The molecule has 0 unspecified atom stereocenters. The van der Waals surface area contributed by atoms with Crippen molar-refractivity contribution in [1.82, 2.24) is 14.4 Å². The van der Waals surface area contributed by atoms with Crippen LogP contribution in [0.2, 0.25) is 0 Å². The number of hydrogen-bond acceptors (Lipinski definition) is 2. The third-order valence-corrected chi connectivity index (χ3v) is 11.5. The number of nitrogens with zero attached hydrogens (tertiary/aromatic N) is 3. The van der Waals surface area contributed by atoms with Crippen LogP contribution < -0.4 is 0 Å². The van der Waals surface area contributed by atoms with Gasteiger partial charge in [0.1, 0.15) is 0 Å². The zero-order valence-electron chi connectivity index (χ0n) is 27.7. The van der Waals surface area contributed by atoms with E-state index < -0.39 is 0 Å². The fraction of sp³-hybridized carbons (Fsp3) is 0.450. The lowest BCUT2D eigenvalue weighted by molar-refractivity contribution is 0.325. The van der Waals surface area contributed by atoms with Gasteiger partial charge in [-0.25, -0.2) is 0 Å². The molecule has 0 amide bonds. The van der Waals surface area contributed by atoms with E-state index in [2.05, 4.69) is 116 Å². The van der Waals surface area contributed by atoms with Gasteiger partial charge in [-0.15, -0.1) is 0 Å². The SMILES string of the molecule is Cc1nc2c(c3c4cc(-c5ccccc5)cc5c6c7c(nc(C)c6n(c13)c45)C(C)(C)CCC7(C)C)C(C)(C)CCC2(C)C. The second-order valence-corrected chi connectivity index (χ2v) is 16.4. The molecule has 0 fully saturated rings. The van der Waals surface area contributed by atoms with E-state index in [0.717, 1.165) is 24.2 Å². The molecule has 0 saturated heterocycles. The van der Waals surface area contributed by atoms with Crippen molar-refractivity contribution in [1.29, 1.82) is 0 Å². The number of aromatic nitrogens is 3. The predicted octanol–water partition coefficient (Wildman–Crippen LogP) is 10.6. The molecule has 0 spiro atoms. The molecule has 4 aromatic heterocycles. The molecule has 0 atom stereocenters. The topological polar surface area (TPSA) is 30.2 Å². The van der Waals surface area contributed by atoms with E-state index in [4.69, 9.17) is 9.97 Å². The molecule has 6 aromatic rings. The van der Waals surface area contributed by atoms with Crippen LogP contribution in [0, 0.1) is 13.8 Å². The van der Waals surface area contributed by atoms with Crippen LogP contribution in [-0.4, -0.2) is 14.4 Å². The molecule has 2 aliphatic rings. The maximum atomic E-state index is 5.50. The molecule has 0 saturated carbocycles. The van der Waals surface area contributed by atoms with Crippen LogP contribution in [0.5, 0.6) is 0 Å². The van der Waals surface area contributed by atoms with Crippen molar-refractivity contribution in [2.45, 2.75) is 117 Å². The average Bonchev–Trinajstić information content (AvgIpc) is 3.46. The Hall–Kier alpha value is -3.46. The fourth-order valence-corrected chi connectivity index (χ4v) is 8.88. The van der Waals surface area contributed by atoms with Crippen molar-refractivity contribution in [2.24, 2.45) is 0 Å². The normalized spacial score (nSPS) is 20.2. The molecule has 8 rings (SSSR count). The van der Waals surface area contributed by atoms with Crippen LogP contribution in [-0.2, 0) is 21.7 Å². The molecule has 0 bridgehead atoms. The molecule has 0 aliphatic heterocycles. The van der Waals surface area contributed by atoms with Gasteiger partial charge >= 0.3 is 0 Å². The van der Waals surface area contributed by atoms with Crippen molar-refractivity contribution in [3.8, 4) is 11.1 Å². The maximum absolute atomic E-state index is 5.50. The van der Waals surface area contributed by atoms with Gasteiger partial charge in [-0.2, -0.15) is 0 Å². The zero-order valence-corrected chi connectivity index (χ0v) is 27.7. The van der Waals surface area contributed by atoms with E-state index in [0.29, 0.717) is 0 Å². The number of fused-ring (bicyclic) bond motifs is 10. The van der Waals surface area contributed by atoms with Gasteiger partial charge in [0, 0.05) is 32.4 Å². The summed E-state index contributed by atoms with van der Waals surface area (Å²) < 4.78 is 2.59. The van der Waals surface area contributed by atoms with Gasteiger partial charge in [0.25, 0.3) is 0 Å². The lowest BCUT2D eigenvalue weighted by atomic mass is 9.64. The highest BCUT2D eigenvalue weighted by molar-refractivity contribution is 6.26. The Kier molecular flexibility index (Phi) is 5.15.